The molecule has 0 aliphatic rings. The van der Waals surface area contributed by atoms with Crippen molar-refractivity contribution >= 4 is 17.5 Å². The van der Waals surface area contributed by atoms with Crippen molar-refractivity contribution in [3.05, 3.63) is 64.2 Å². The molecule has 104 valence electrons. The van der Waals surface area contributed by atoms with Crippen molar-refractivity contribution in [2.45, 2.75) is 13.5 Å². The molecule has 0 aromatic heterocycles. The summed E-state index contributed by atoms with van der Waals surface area (Å²) >= 11 is 5.93. The molecular weight excluding hydrogens is 274 g/mol. The minimum Gasteiger partial charge on any atom is -0.508 e. The molecule has 0 aliphatic carbocycles. The molecule has 0 radical (unpaired) electrons. The normalized spacial score (nSPS) is 10.3. The van der Waals surface area contributed by atoms with Crippen LogP contribution in [0.15, 0.2) is 42.5 Å². The number of carbonyl (C=O) groups excluding carboxylic acids is 1. The number of carbonyl (C=O) groups is 1. The molecule has 2 aromatic carbocycles. The summed E-state index contributed by atoms with van der Waals surface area (Å²) in [5.74, 6) is 0.104. The van der Waals surface area contributed by atoms with E-state index in [1.165, 1.54) is 6.07 Å². The molecule has 2 rings (SSSR count). The predicted octanol–water partition coefficient (Wildman–Crippen LogP) is 3.63. The first-order chi connectivity index (χ1) is 9.47. The van der Waals surface area contributed by atoms with Crippen molar-refractivity contribution in [3.8, 4) is 5.75 Å². The molecule has 0 unspecified atom stereocenters. The van der Waals surface area contributed by atoms with E-state index in [-0.39, 0.29) is 11.7 Å². The molecule has 0 spiro atoms. The second-order valence-corrected chi connectivity index (χ2v) is 5.23. The largest absolute Gasteiger partial charge is 0.508 e. The van der Waals surface area contributed by atoms with Crippen molar-refractivity contribution in [2.75, 3.05) is 7.05 Å². The fraction of sp³-hybridized carbons (Fsp3) is 0.188. The van der Waals surface area contributed by atoms with Gasteiger partial charge >= 0.3 is 0 Å². The fourth-order valence-corrected chi connectivity index (χ4v) is 2.20. The number of rotatable bonds is 3. The van der Waals surface area contributed by atoms with E-state index in [0.717, 1.165) is 5.56 Å². The highest BCUT2D eigenvalue weighted by Crippen LogP contribution is 2.19. The number of nitrogens with zero attached hydrogens (tertiary/aromatic N) is 1. The van der Waals surface area contributed by atoms with Crippen LogP contribution in [0, 0.1) is 6.92 Å². The average molecular weight is 290 g/mol. The number of aromatic hydroxyl groups is 1. The minimum atomic E-state index is -0.0897. The van der Waals surface area contributed by atoms with Gasteiger partial charge in [-0.05, 0) is 48.4 Å². The van der Waals surface area contributed by atoms with Crippen molar-refractivity contribution in [1.29, 1.82) is 0 Å². The van der Waals surface area contributed by atoms with Crippen molar-refractivity contribution in [2.24, 2.45) is 0 Å². The lowest BCUT2D eigenvalue weighted by Gasteiger charge is -2.18. The highest BCUT2D eigenvalue weighted by atomic mass is 35.5. The van der Waals surface area contributed by atoms with Crippen LogP contribution in [0.25, 0.3) is 0 Å². The van der Waals surface area contributed by atoms with Gasteiger partial charge in [-0.3, -0.25) is 4.79 Å². The maximum Gasteiger partial charge on any atom is 0.253 e. The van der Waals surface area contributed by atoms with E-state index in [2.05, 4.69) is 0 Å². The van der Waals surface area contributed by atoms with E-state index in [1.807, 2.05) is 18.2 Å². The van der Waals surface area contributed by atoms with Gasteiger partial charge in [-0.1, -0.05) is 23.7 Å². The Labute approximate surface area is 123 Å². The Balaban J connectivity index is 2.14. The molecule has 0 fully saturated rings. The summed E-state index contributed by atoms with van der Waals surface area (Å²) in [6, 6.07) is 12.3. The predicted molar refractivity (Wildman–Crippen MR) is 80.1 cm³/mol. The Kier molecular flexibility index (Phi) is 4.30. The van der Waals surface area contributed by atoms with Gasteiger partial charge in [0, 0.05) is 24.2 Å². The summed E-state index contributed by atoms with van der Waals surface area (Å²) in [5, 5.41) is 10.1. The number of phenolic OH excluding ortho intramolecular Hbond substituents is 1. The van der Waals surface area contributed by atoms with Crippen LogP contribution in [0.3, 0.4) is 0 Å². The van der Waals surface area contributed by atoms with Crippen LogP contribution < -0.4 is 0 Å². The summed E-state index contributed by atoms with van der Waals surface area (Å²) < 4.78 is 0. The maximum atomic E-state index is 12.3. The summed E-state index contributed by atoms with van der Waals surface area (Å²) in [4.78, 5) is 13.9. The van der Waals surface area contributed by atoms with E-state index in [9.17, 15) is 9.90 Å². The van der Waals surface area contributed by atoms with E-state index < -0.39 is 0 Å². The van der Waals surface area contributed by atoms with E-state index >= 15 is 0 Å². The molecule has 0 aliphatic heterocycles. The maximum absolute atomic E-state index is 12.3. The van der Waals surface area contributed by atoms with Gasteiger partial charge in [0.2, 0.25) is 0 Å². The number of hydrogen-bond donors (Lipinski definition) is 1. The van der Waals surface area contributed by atoms with Crippen LogP contribution >= 0.6 is 11.6 Å². The molecule has 1 amide bonds. The van der Waals surface area contributed by atoms with Crippen LogP contribution in [0.2, 0.25) is 5.02 Å². The van der Waals surface area contributed by atoms with Gasteiger partial charge in [0.1, 0.15) is 5.75 Å². The Morgan fingerprint density at radius 2 is 2.00 bits per heavy atom. The van der Waals surface area contributed by atoms with Gasteiger partial charge in [0.05, 0.1) is 0 Å². The van der Waals surface area contributed by atoms with Gasteiger partial charge in [-0.2, -0.15) is 0 Å². The molecule has 20 heavy (non-hydrogen) atoms. The zero-order valence-corrected chi connectivity index (χ0v) is 12.2. The topological polar surface area (TPSA) is 40.5 Å². The van der Waals surface area contributed by atoms with Crippen LogP contribution in [0.4, 0.5) is 0 Å². The van der Waals surface area contributed by atoms with Crippen LogP contribution in [-0.2, 0) is 6.54 Å². The molecule has 3 nitrogen and oxygen atoms in total. The van der Waals surface area contributed by atoms with E-state index in [4.69, 9.17) is 11.6 Å². The first kappa shape index (κ1) is 14.4. The quantitative estimate of drug-likeness (QED) is 0.937. The monoisotopic (exact) mass is 289 g/mol. The fourth-order valence-electron chi connectivity index (χ4n) is 1.99. The standard InChI is InChI=1S/C16H16ClNO2/c1-11-8-13(6-7-15(11)19)16(20)18(2)10-12-4-3-5-14(17)9-12/h3-9,19H,10H2,1-2H3. The molecule has 0 saturated carbocycles. The average Bonchev–Trinajstić information content (AvgIpc) is 2.41. The molecule has 0 bridgehead atoms. The second kappa shape index (κ2) is 5.97. The lowest BCUT2D eigenvalue weighted by Crippen LogP contribution is -2.26. The summed E-state index contributed by atoms with van der Waals surface area (Å²) in [6.45, 7) is 2.25. The lowest BCUT2D eigenvalue weighted by molar-refractivity contribution is 0.0785. The van der Waals surface area contributed by atoms with E-state index in [1.54, 1.807) is 37.1 Å². The van der Waals surface area contributed by atoms with E-state index in [0.29, 0.717) is 22.7 Å². The zero-order chi connectivity index (χ0) is 14.7. The number of halogens is 1. The molecule has 0 heterocycles. The SMILES string of the molecule is Cc1cc(C(=O)N(C)Cc2cccc(Cl)c2)ccc1O. The number of amides is 1. The summed E-state index contributed by atoms with van der Waals surface area (Å²) in [5.41, 5.74) is 2.22. The molecule has 0 atom stereocenters. The molecular formula is C16H16ClNO2. The summed E-state index contributed by atoms with van der Waals surface area (Å²) in [7, 11) is 1.74. The number of hydrogen-bond acceptors (Lipinski definition) is 2. The third-order valence-electron chi connectivity index (χ3n) is 3.10. The van der Waals surface area contributed by atoms with Gasteiger partial charge in [0.15, 0.2) is 0 Å². The number of benzene rings is 2. The Morgan fingerprint density at radius 1 is 1.25 bits per heavy atom. The lowest BCUT2D eigenvalue weighted by atomic mass is 10.1. The first-order valence-electron chi connectivity index (χ1n) is 6.27. The van der Waals surface area contributed by atoms with Gasteiger partial charge < -0.3 is 10.0 Å². The Bertz CT molecular complexity index is 640. The van der Waals surface area contributed by atoms with Crippen molar-refractivity contribution in [3.63, 3.8) is 0 Å². The Morgan fingerprint density at radius 3 is 2.65 bits per heavy atom. The van der Waals surface area contributed by atoms with Gasteiger partial charge in [0.25, 0.3) is 5.91 Å². The number of phenols is 1. The van der Waals surface area contributed by atoms with Crippen molar-refractivity contribution < 1.29 is 9.90 Å². The number of aryl methyl sites for hydroxylation is 1. The second-order valence-electron chi connectivity index (χ2n) is 4.79. The Hall–Kier alpha value is -2.00. The first-order valence-corrected chi connectivity index (χ1v) is 6.64. The van der Waals surface area contributed by atoms with Crippen LogP contribution in [-0.4, -0.2) is 23.0 Å². The smallest absolute Gasteiger partial charge is 0.253 e. The summed E-state index contributed by atoms with van der Waals surface area (Å²) in [6.07, 6.45) is 0. The molecule has 1 N–H and O–H groups in total. The minimum absolute atomic E-state index is 0.0897. The van der Waals surface area contributed by atoms with Gasteiger partial charge in [-0.25, -0.2) is 0 Å². The van der Waals surface area contributed by atoms with Crippen LogP contribution in [0.1, 0.15) is 21.5 Å². The van der Waals surface area contributed by atoms with Crippen LogP contribution in [0.5, 0.6) is 5.75 Å². The highest BCUT2D eigenvalue weighted by molar-refractivity contribution is 6.30. The molecule has 4 heteroatoms. The third-order valence-corrected chi connectivity index (χ3v) is 3.33. The highest BCUT2D eigenvalue weighted by Gasteiger charge is 2.13. The zero-order valence-electron chi connectivity index (χ0n) is 11.4. The molecule has 2 aromatic rings. The van der Waals surface area contributed by atoms with Gasteiger partial charge in [-0.15, -0.1) is 0 Å². The molecule has 0 saturated heterocycles. The third kappa shape index (κ3) is 3.31. The van der Waals surface area contributed by atoms with Crippen molar-refractivity contribution in [1.82, 2.24) is 4.90 Å².